The predicted octanol–water partition coefficient (Wildman–Crippen LogP) is 1.98. The Bertz CT molecular complexity index is 387. The smallest absolute Gasteiger partial charge is 0.268 e. The van der Waals surface area contributed by atoms with E-state index in [2.05, 4.69) is 21.2 Å². The molecule has 1 aromatic heterocycles. The zero-order valence-corrected chi connectivity index (χ0v) is 12.1. The lowest BCUT2D eigenvalue weighted by Crippen LogP contribution is -2.44. The van der Waals surface area contributed by atoms with E-state index in [4.69, 9.17) is 5.73 Å². The van der Waals surface area contributed by atoms with E-state index in [0.717, 1.165) is 11.0 Å². The van der Waals surface area contributed by atoms with Crippen LogP contribution in [0.5, 0.6) is 0 Å². The Morgan fingerprint density at radius 3 is 2.71 bits per heavy atom. The van der Waals surface area contributed by atoms with Crippen LogP contribution in [0, 0.1) is 5.92 Å². The number of nitrogens with two attached hydrogens (primary N) is 1. The molecular formula is C12H20BrN3O. The maximum Gasteiger partial charge on any atom is 0.268 e. The highest BCUT2D eigenvalue weighted by atomic mass is 79.9. The summed E-state index contributed by atoms with van der Waals surface area (Å²) in [6.45, 7) is 7.33. The van der Waals surface area contributed by atoms with E-state index in [1.54, 1.807) is 0 Å². The third-order valence-electron chi connectivity index (χ3n) is 2.81. The third kappa shape index (κ3) is 3.57. The number of carbonyl (C=O) groups is 1. The van der Waals surface area contributed by atoms with Crippen molar-refractivity contribution in [2.75, 3.05) is 6.54 Å². The van der Waals surface area contributed by atoms with Crippen molar-refractivity contribution in [3.8, 4) is 0 Å². The van der Waals surface area contributed by atoms with E-state index < -0.39 is 0 Å². The molecule has 0 saturated heterocycles. The number of nitrogens with zero attached hydrogens (tertiary/aromatic N) is 1. The molecule has 1 rings (SSSR count). The van der Waals surface area contributed by atoms with Crippen LogP contribution in [0.4, 0.5) is 0 Å². The van der Waals surface area contributed by atoms with Gasteiger partial charge in [-0.05, 0) is 34.8 Å². The summed E-state index contributed by atoms with van der Waals surface area (Å²) in [6.07, 6.45) is 1.90. The van der Waals surface area contributed by atoms with Crippen LogP contribution >= 0.6 is 15.9 Å². The summed E-state index contributed by atoms with van der Waals surface area (Å²) in [7, 11) is 0. The second-order valence-electron chi connectivity index (χ2n) is 4.39. The monoisotopic (exact) mass is 301 g/mol. The Balaban J connectivity index is 2.81. The van der Waals surface area contributed by atoms with Crippen LogP contribution in [0.3, 0.4) is 0 Å². The molecule has 0 aliphatic heterocycles. The maximum atomic E-state index is 12.1. The summed E-state index contributed by atoms with van der Waals surface area (Å²) in [6, 6.07) is 1.84. The molecule has 1 atom stereocenters. The lowest BCUT2D eigenvalue weighted by Gasteiger charge is -2.20. The molecule has 0 saturated carbocycles. The highest BCUT2D eigenvalue weighted by molar-refractivity contribution is 9.10. The van der Waals surface area contributed by atoms with Gasteiger partial charge in [-0.25, -0.2) is 0 Å². The number of hydrogen-bond acceptors (Lipinski definition) is 2. The average molecular weight is 302 g/mol. The van der Waals surface area contributed by atoms with Crippen molar-refractivity contribution in [1.82, 2.24) is 9.88 Å². The first-order valence-corrected chi connectivity index (χ1v) is 6.65. The van der Waals surface area contributed by atoms with Gasteiger partial charge in [0.25, 0.3) is 5.91 Å². The molecule has 3 N–H and O–H groups in total. The number of amides is 1. The number of rotatable bonds is 5. The normalized spacial score (nSPS) is 12.8. The van der Waals surface area contributed by atoms with Gasteiger partial charge in [-0.3, -0.25) is 4.79 Å². The van der Waals surface area contributed by atoms with E-state index in [1.807, 2.05) is 37.6 Å². The highest BCUT2D eigenvalue weighted by Crippen LogP contribution is 2.15. The molecule has 0 aliphatic carbocycles. The van der Waals surface area contributed by atoms with Crippen molar-refractivity contribution in [3.05, 3.63) is 22.4 Å². The molecule has 4 nitrogen and oxygen atoms in total. The van der Waals surface area contributed by atoms with Gasteiger partial charge in [-0.1, -0.05) is 13.8 Å². The maximum absolute atomic E-state index is 12.1. The molecule has 0 radical (unpaired) electrons. The molecule has 0 bridgehead atoms. The standard InChI is InChI=1S/C12H20BrN3O/c1-4-16-7-9(13)5-11(16)12(17)15-10(6-14)8(2)3/h5,7-8,10H,4,6,14H2,1-3H3,(H,15,17). The highest BCUT2D eigenvalue weighted by Gasteiger charge is 2.18. The van der Waals surface area contributed by atoms with E-state index in [0.29, 0.717) is 18.2 Å². The fourth-order valence-electron chi connectivity index (χ4n) is 1.67. The van der Waals surface area contributed by atoms with Crippen LogP contribution in [-0.4, -0.2) is 23.1 Å². The Hall–Kier alpha value is -0.810. The number of aryl methyl sites for hydroxylation is 1. The first kappa shape index (κ1) is 14.3. The largest absolute Gasteiger partial charge is 0.347 e. The van der Waals surface area contributed by atoms with E-state index in [9.17, 15) is 4.79 Å². The Morgan fingerprint density at radius 1 is 1.59 bits per heavy atom. The minimum absolute atomic E-state index is 0.0153. The molecule has 0 aromatic carbocycles. The number of aromatic nitrogens is 1. The van der Waals surface area contributed by atoms with Gasteiger partial charge in [-0.15, -0.1) is 0 Å². The minimum atomic E-state index is -0.0679. The number of hydrogen-bond donors (Lipinski definition) is 2. The van der Waals surface area contributed by atoms with Gasteiger partial charge in [0.15, 0.2) is 0 Å². The molecule has 1 aromatic rings. The van der Waals surface area contributed by atoms with Crippen LogP contribution in [0.15, 0.2) is 16.7 Å². The van der Waals surface area contributed by atoms with Crippen molar-refractivity contribution in [3.63, 3.8) is 0 Å². The molecule has 5 heteroatoms. The quantitative estimate of drug-likeness (QED) is 0.874. The van der Waals surface area contributed by atoms with Crippen molar-refractivity contribution >= 4 is 21.8 Å². The van der Waals surface area contributed by atoms with Crippen LogP contribution in [0.1, 0.15) is 31.3 Å². The number of halogens is 1. The zero-order valence-electron chi connectivity index (χ0n) is 10.5. The topological polar surface area (TPSA) is 60.0 Å². The average Bonchev–Trinajstić information content (AvgIpc) is 2.66. The summed E-state index contributed by atoms with van der Waals surface area (Å²) < 4.78 is 2.83. The van der Waals surface area contributed by atoms with Gasteiger partial charge in [0.2, 0.25) is 0 Å². The molecule has 0 aliphatic rings. The van der Waals surface area contributed by atoms with Crippen LogP contribution in [0.2, 0.25) is 0 Å². The molecule has 1 amide bonds. The Labute approximate surface area is 111 Å². The molecule has 0 fully saturated rings. The predicted molar refractivity (Wildman–Crippen MR) is 73.0 cm³/mol. The van der Waals surface area contributed by atoms with Crippen LogP contribution < -0.4 is 11.1 Å². The second-order valence-corrected chi connectivity index (χ2v) is 5.30. The van der Waals surface area contributed by atoms with Gasteiger partial charge in [-0.2, -0.15) is 0 Å². The summed E-state index contributed by atoms with van der Waals surface area (Å²) in [5, 5.41) is 2.96. The molecular weight excluding hydrogens is 282 g/mol. The van der Waals surface area contributed by atoms with Crippen molar-refractivity contribution in [1.29, 1.82) is 0 Å². The third-order valence-corrected chi connectivity index (χ3v) is 3.25. The lowest BCUT2D eigenvalue weighted by molar-refractivity contribution is 0.0918. The van der Waals surface area contributed by atoms with Crippen molar-refractivity contribution in [2.24, 2.45) is 11.7 Å². The number of carbonyl (C=O) groups excluding carboxylic acids is 1. The summed E-state index contributed by atoms with van der Waals surface area (Å²) in [4.78, 5) is 12.1. The van der Waals surface area contributed by atoms with E-state index in [1.165, 1.54) is 0 Å². The summed E-state index contributed by atoms with van der Waals surface area (Å²) in [5.41, 5.74) is 6.31. The number of nitrogens with one attached hydrogen (secondary N) is 1. The van der Waals surface area contributed by atoms with E-state index >= 15 is 0 Å². The second kappa shape index (κ2) is 6.21. The molecule has 1 heterocycles. The van der Waals surface area contributed by atoms with Crippen molar-refractivity contribution in [2.45, 2.75) is 33.4 Å². The molecule has 96 valence electrons. The van der Waals surface area contributed by atoms with Gasteiger partial charge >= 0.3 is 0 Å². The van der Waals surface area contributed by atoms with Gasteiger partial charge in [0.05, 0.1) is 0 Å². The summed E-state index contributed by atoms with van der Waals surface area (Å²) in [5.74, 6) is 0.263. The fourth-order valence-corrected chi connectivity index (χ4v) is 2.13. The van der Waals surface area contributed by atoms with Gasteiger partial charge in [0.1, 0.15) is 5.69 Å². The summed E-state index contributed by atoms with van der Waals surface area (Å²) >= 11 is 3.38. The van der Waals surface area contributed by atoms with Crippen LogP contribution in [-0.2, 0) is 6.54 Å². The minimum Gasteiger partial charge on any atom is -0.347 e. The Kier molecular flexibility index (Phi) is 5.21. The zero-order chi connectivity index (χ0) is 13.0. The fraction of sp³-hybridized carbons (Fsp3) is 0.583. The Morgan fingerprint density at radius 2 is 2.24 bits per heavy atom. The first-order chi connectivity index (χ1) is 7.99. The molecule has 17 heavy (non-hydrogen) atoms. The van der Waals surface area contributed by atoms with Crippen LogP contribution in [0.25, 0.3) is 0 Å². The van der Waals surface area contributed by atoms with E-state index in [-0.39, 0.29) is 11.9 Å². The molecule has 0 spiro atoms. The molecule has 1 unspecified atom stereocenters. The first-order valence-electron chi connectivity index (χ1n) is 5.86. The lowest BCUT2D eigenvalue weighted by atomic mass is 10.0. The van der Waals surface area contributed by atoms with Gasteiger partial charge in [0, 0.05) is 29.8 Å². The van der Waals surface area contributed by atoms with Gasteiger partial charge < -0.3 is 15.6 Å². The SMILES string of the molecule is CCn1cc(Br)cc1C(=O)NC(CN)C(C)C. The van der Waals surface area contributed by atoms with Crippen molar-refractivity contribution < 1.29 is 4.79 Å².